The zero-order valence-corrected chi connectivity index (χ0v) is 19.6. The number of halogens is 1. The van der Waals surface area contributed by atoms with Crippen LogP contribution in [0.3, 0.4) is 0 Å². The highest BCUT2D eigenvalue weighted by Crippen LogP contribution is 2.34. The van der Waals surface area contributed by atoms with Crippen molar-refractivity contribution in [1.82, 2.24) is 10.0 Å². The van der Waals surface area contributed by atoms with Crippen molar-refractivity contribution >= 4 is 31.9 Å². The van der Waals surface area contributed by atoms with E-state index in [1.165, 1.54) is 12.1 Å². The fraction of sp³-hybridized carbons (Fsp3) is 0.409. The highest BCUT2D eigenvalue weighted by atomic mass is 79.9. The minimum absolute atomic E-state index is 0.145. The average Bonchev–Trinajstić information content (AvgIpc) is 2.74. The third-order valence-electron chi connectivity index (χ3n) is 5.47. The monoisotopic (exact) mass is 494 g/mol. The second-order valence-corrected chi connectivity index (χ2v) is 10.2. The molecule has 2 N–H and O–H groups in total. The van der Waals surface area contributed by atoms with Crippen molar-refractivity contribution in [2.75, 3.05) is 13.2 Å². The summed E-state index contributed by atoms with van der Waals surface area (Å²) in [6.07, 6.45) is 2.03. The van der Waals surface area contributed by atoms with E-state index in [1.807, 2.05) is 38.1 Å². The summed E-state index contributed by atoms with van der Waals surface area (Å²) in [5.41, 5.74) is 0.908. The maximum Gasteiger partial charge on any atom is 0.251 e. The molecule has 3 rings (SSSR count). The molecule has 1 fully saturated rings. The van der Waals surface area contributed by atoms with Crippen molar-refractivity contribution in [2.24, 2.45) is 0 Å². The van der Waals surface area contributed by atoms with E-state index in [0.717, 1.165) is 10.0 Å². The summed E-state index contributed by atoms with van der Waals surface area (Å²) in [6.45, 7) is 4.85. The minimum Gasteiger partial charge on any atom is -0.381 e. The first kappa shape index (κ1) is 22.9. The lowest BCUT2D eigenvalue weighted by Gasteiger charge is -2.38. The van der Waals surface area contributed by atoms with E-state index < -0.39 is 15.6 Å². The van der Waals surface area contributed by atoms with Crippen LogP contribution in [-0.2, 0) is 20.3 Å². The summed E-state index contributed by atoms with van der Waals surface area (Å²) in [7, 11) is -3.60. The molecule has 0 bridgehead atoms. The predicted octanol–water partition coefficient (Wildman–Crippen LogP) is 3.96. The Balaban J connectivity index is 1.81. The quantitative estimate of drug-likeness (QED) is 0.609. The van der Waals surface area contributed by atoms with Gasteiger partial charge in [-0.15, -0.1) is 0 Å². The van der Waals surface area contributed by atoms with Gasteiger partial charge in [0.2, 0.25) is 10.0 Å². The number of ether oxygens (including phenoxy) is 1. The second kappa shape index (κ2) is 9.60. The molecule has 2 aromatic rings. The van der Waals surface area contributed by atoms with Gasteiger partial charge in [0, 0.05) is 29.3 Å². The van der Waals surface area contributed by atoms with Crippen LogP contribution in [0, 0.1) is 0 Å². The van der Waals surface area contributed by atoms with E-state index in [-0.39, 0.29) is 16.8 Å². The normalized spacial score (nSPS) is 17.3. The number of carbonyl (C=O) groups is 1. The average molecular weight is 495 g/mol. The van der Waals surface area contributed by atoms with Gasteiger partial charge < -0.3 is 10.1 Å². The van der Waals surface area contributed by atoms with Crippen LogP contribution in [0.2, 0.25) is 0 Å². The van der Waals surface area contributed by atoms with Crippen molar-refractivity contribution < 1.29 is 17.9 Å². The number of hydrogen-bond acceptors (Lipinski definition) is 4. The largest absolute Gasteiger partial charge is 0.381 e. The summed E-state index contributed by atoms with van der Waals surface area (Å²) in [4.78, 5) is 13.2. The van der Waals surface area contributed by atoms with E-state index in [2.05, 4.69) is 26.0 Å². The Kier molecular flexibility index (Phi) is 7.34. The molecule has 0 aliphatic carbocycles. The van der Waals surface area contributed by atoms with Gasteiger partial charge in [0.1, 0.15) is 0 Å². The zero-order valence-electron chi connectivity index (χ0n) is 17.2. The maximum atomic E-state index is 13.0. The molecule has 1 saturated heterocycles. The first-order chi connectivity index (χ1) is 14.3. The van der Waals surface area contributed by atoms with Gasteiger partial charge in [-0.2, -0.15) is 0 Å². The summed E-state index contributed by atoms with van der Waals surface area (Å²) >= 11 is 3.51. The summed E-state index contributed by atoms with van der Waals surface area (Å²) in [5, 5.41) is 3.19. The van der Waals surface area contributed by atoms with Gasteiger partial charge in [0.15, 0.2) is 0 Å². The van der Waals surface area contributed by atoms with Gasteiger partial charge in [0.05, 0.1) is 10.4 Å². The molecule has 1 amide bonds. The fourth-order valence-corrected chi connectivity index (χ4v) is 5.21. The molecule has 0 aromatic heterocycles. The van der Waals surface area contributed by atoms with Crippen molar-refractivity contribution in [3.63, 3.8) is 0 Å². The minimum atomic E-state index is -3.60. The molecule has 1 aliphatic heterocycles. The number of hydrogen-bond donors (Lipinski definition) is 2. The number of nitrogens with one attached hydrogen (secondary N) is 2. The maximum absolute atomic E-state index is 13.0. The predicted molar refractivity (Wildman–Crippen MR) is 120 cm³/mol. The molecule has 1 atom stereocenters. The van der Waals surface area contributed by atoms with Crippen LogP contribution in [0.1, 0.15) is 49.0 Å². The van der Waals surface area contributed by atoms with Gasteiger partial charge >= 0.3 is 0 Å². The van der Waals surface area contributed by atoms with E-state index >= 15 is 0 Å². The molecular weight excluding hydrogens is 468 g/mol. The highest BCUT2D eigenvalue weighted by molar-refractivity contribution is 9.10. The molecule has 0 saturated carbocycles. The Labute approximate surface area is 186 Å². The van der Waals surface area contributed by atoms with Crippen molar-refractivity contribution in [3.8, 4) is 0 Å². The van der Waals surface area contributed by atoms with Gasteiger partial charge in [0.25, 0.3) is 5.91 Å². The molecule has 6 nitrogen and oxygen atoms in total. The van der Waals surface area contributed by atoms with Crippen LogP contribution in [-0.4, -0.2) is 33.6 Å². The van der Waals surface area contributed by atoms with E-state index in [0.29, 0.717) is 38.0 Å². The third-order valence-corrected chi connectivity index (χ3v) is 7.57. The lowest BCUT2D eigenvalue weighted by atomic mass is 9.82. The third kappa shape index (κ3) is 5.29. The Hall–Kier alpha value is -1.74. The Morgan fingerprint density at radius 1 is 1.17 bits per heavy atom. The van der Waals surface area contributed by atoms with Gasteiger partial charge in [-0.3, -0.25) is 4.79 Å². The van der Waals surface area contributed by atoms with E-state index in [1.54, 1.807) is 12.1 Å². The second-order valence-electron chi connectivity index (χ2n) is 7.61. The molecule has 0 radical (unpaired) electrons. The smallest absolute Gasteiger partial charge is 0.251 e. The Morgan fingerprint density at radius 2 is 1.83 bits per heavy atom. The molecule has 1 aliphatic rings. The standard InChI is InChI=1S/C22H27BrN2O4S/c1-3-16(2)25-30(27,28)20-9-7-17(8-10-20)21(26)24-22(11-13-29-14-12-22)18-5-4-6-19(23)15-18/h4-10,15-16,25H,3,11-14H2,1-2H3,(H,24,26). The summed E-state index contributed by atoms with van der Waals surface area (Å²) < 4.78 is 34.0. The molecular formula is C22H27BrN2O4S. The van der Waals surface area contributed by atoms with Crippen molar-refractivity contribution in [1.29, 1.82) is 0 Å². The first-order valence-electron chi connectivity index (χ1n) is 10.0. The molecule has 1 unspecified atom stereocenters. The topological polar surface area (TPSA) is 84.5 Å². The van der Waals surface area contributed by atoms with Crippen molar-refractivity contribution in [3.05, 3.63) is 64.1 Å². The van der Waals surface area contributed by atoms with E-state index in [4.69, 9.17) is 4.74 Å². The zero-order chi connectivity index (χ0) is 21.8. The molecule has 8 heteroatoms. The number of benzene rings is 2. The lowest BCUT2D eigenvalue weighted by Crippen LogP contribution is -2.49. The lowest BCUT2D eigenvalue weighted by molar-refractivity contribution is 0.0345. The molecule has 30 heavy (non-hydrogen) atoms. The molecule has 0 spiro atoms. The van der Waals surface area contributed by atoms with Gasteiger partial charge in [-0.1, -0.05) is 35.0 Å². The summed E-state index contributed by atoms with van der Waals surface area (Å²) in [6, 6.07) is 13.8. The van der Waals surface area contributed by atoms with Gasteiger partial charge in [-0.05, 0) is 68.1 Å². The number of sulfonamides is 1. The number of amides is 1. The van der Waals surface area contributed by atoms with Crippen LogP contribution in [0.4, 0.5) is 0 Å². The molecule has 2 aromatic carbocycles. The van der Waals surface area contributed by atoms with Crippen LogP contribution in [0.15, 0.2) is 57.9 Å². The molecule has 1 heterocycles. The summed E-state index contributed by atoms with van der Waals surface area (Å²) in [5.74, 6) is -0.240. The number of rotatable bonds is 7. The fourth-order valence-electron chi connectivity index (χ4n) is 3.48. The Morgan fingerprint density at radius 3 is 2.43 bits per heavy atom. The Bertz CT molecular complexity index is 986. The van der Waals surface area contributed by atoms with Crippen LogP contribution < -0.4 is 10.0 Å². The SMILES string of the molecule is CCC(C)NS(=O)(=O)c1ccc(C(=O)NC2(c3cccc(Br)c3)CCOCC2)cc1. The van der Waals surface area contributed by atoms with Crippen LogP contribution in [0.25, 0.3) is 0 Å². The van der Waals surface area contributed by atoms with E-state index in [9.17, 15) is 13.2 Å². The number of carbonyl (C=O) groups excluding carboxylic acids is 1. The van der Waals surface area contributed by atoms with Crippen molar-refractivity contribution in [2.45, 2.75) is 49.6 Å². The molecule has 162 valence electrons. The van der Waals surface area contributed by atoms with Crippen LogP contribution >= 0.6 is 15.9 Å². The highest BCUT2D eigenvalue weighted by Gasteiger charge is 2.36. The van der Waals surface area contributed by atoms with Gasteiger partial charge in [-0.25, -0.2) is 13.1 Å². The van der Waals surface area contributed by atoms with Crippen LogP contribution in [0.5, 0.6) is 0 Å². The first-order valence-corrected chi connectivity index (χ1v) is 12.3.